The SMILES string of the molecule is O=C1OOC(=O)c2cccc(C(=O)O)c2OC(=O)c2cncc1c2. The molecule has 1 N–H and O–H groups in total. The standard InChI is InChI=1S/C15H7NO8/c17-12(18)9-2-1-3-10-11(9)22-13(19)7-4-8(6-16-5-7)14(20)23-24-15(10)21/h1-6H,(H,17,18). The number of carboxylic acids is 1. The van der Waals surface area contributed by atoms with Crippen molar-refractivity contribution < 1.29 is 38.8 Å². The van der Waals surface area contributed by atoms with E-state index in [4.69, 9.17) is 4.74 Å². The van der Waals surface area contributed by atoms with E-state index in [1.807, 2.05) is 0 Å². The minimum absolute atomic E-state index is 0.134. The number of aromatic nitrogens is 1. The number of rotatable bonds is 1. The van der Waals surface area contributed by atoms with Crippen LogP contribution in [0.1, 0.15) is 41.4 Å². The number of hydrogen-bond donors (Lipinski definition) is 1. The van der Waals surface area contributed by atoms with Gasteiger partial charge in [-0.15, -0.1) is 0 Å². The third-order valence-corrected chi connectivity index (χ3v) is 3.06. The summed E-state index contributed by atoms with van der Waals surface area (Å²) in [6, 6.07) is 4.67. The van der Waals surface area contributed by atoms with Crippen LogP contribution in [0.4, 0.5) is 0 Å². The molecule has 0 atom stereocenters. The fourth-order valence-electron chi connectivity index (χ4n) is 1.96. The number of para-hydroxylation sites is 1. The molecular weight excluding hydrogens is 322 g/mol. The maximum atomic E-state index is 12.2. The summed E-state index contributed by atoms with van der Waals surface area (Å²) in [5.74, 6) is -5.20. The number of carbonyl (C=O) groups is 4. The van der Waals surface area contributed by atoms with Crippen LogP contribution in [0.2, 0.25) is 0 Å². The Balaban J connectivity index is 2.18. The van der Waals surface area contributed by atoms with Gasteiger partial charge in [-0.05, 0) is 18.2 Å². The van der Waals surface area contributed by atoms with Crippen LogP contribution < -0.4 is 4.74 Å². The Bertz CT molecular complexity index is 889. The van der Waals surface area contributed by atoms with E-state index in [0.717, 1.165) is 30.6 Å². The molecule has 3 rings (SSSR count). The van der Waals surface area contributed by atoms with E-state index in [2.05, 4.69) is 14.8 Å². The maximum Gasteiger partial charge on any atom is 0.390 e. The van der Waals surface area contributed by atoms with Gasteiger partial charge in [-0.2, -0.15) is 0 Å². The molecule has 0 saturated carbocycles. The molecule has 0 aliphatic carbocycles. The van der Waals surface area contributed by atoms with Gasteiger partial charge in [-0.25, -0.2) is 29.0 Å². The summed E-state index contributed by atoms with van der Waals surface area (Å²) in [5.41, 5.74) is -1.11. The lowest BCUT2D eigenvalue weighted by Crippen LogP contribution is -2.16. The first-order valence-electron chi connectivity index (χ1n) is 6.44. The lowest BCUT2D eigenvalue weighted by molar-refractivity contribution is -0.187. The van der Waals surface area contributed by atoms with Crippen molar-refractivity contribution in [3.05, 3.63) is 58.9 Å². The van der Waals surface area contributed by atoms with Crippen molar-refractivity contribution in [1.29, 1.82) is 0 Å². The summed E-state index contributed by atoms with van der Waals surface area (Å²) in [4.78, 5) is 59.7. The highest BCUT2D eigenvalue weighted by molar-refractivity contribution is 6.03. The summed E-state index contributed by atoms with van der Waals surface area (Å²) < 4.78 is 5.04. The second-order valence-electron chi connectivity index (χ2n) is 4.58. The molecule has 0 unspecified atom stereocenters. The lowest BCUT2D eigenvalue weighted by atomic mass is 10.1. The van der Waals surface area contributed by atoms with Crippen molar-refractivity contribution in [1.82, 2.24) is 4.98 Å². The largest absolute Gasteiger partial charge is 0.478 e. The van der Waals surface area contributed by atoms with Gasteiger partial charge in [0.05, 0.1) is 11.1 Å². The molecule has 1 aromatic heterocycles. The monoisotopic (exact) mass is 329 g/mol. The number of fused-ring (bicyclic) bond motifs is 3. The van der Waals surface area contributed by atoms with Crippen LogP contribution in [0, 0.1) is 0 Å². The quantitative estimate of drug-likeness (QED) is 0.466. The molecular formula is C15H7NO8. The summed E-state index contributed by atoms with van der Waals surface area (Å²) in [6.07, 6.45) is 2.21. The molecule has 2 heterocycles. The van der Waals surface area contributed by atoms with Gasteiger partial charge in [-0.3, -0.25) is 4.98 Å². The summed E-state index contributed by atoms with van der Waals surface area (Å²) >= 11 is 0. The highest BCUT2D eigenvalue weighted by atomic mass is 17.2. The van der Waals surface area contributed by atoms with Gasteiger partial charge in [0.2, 0.25) is 0 Å². The summed E-state index contributed by atoms with van der Waals surface area (Å²) in [5, 5.41) is 9.20. The van der Waals surface area contributed by atoms with E-state index in [1.54, 1.807) is 0 Å². The third kappa shape index (κ3) is 2.65. The molecule has 0 fully saturated rings. The minimum atomic E-state index is -1.42. The number of nitrogens with zero attached hydrogens (tertiary/aromatic N) is 1. The summed E-state index contributed by atoms with van der Waals surface area (Å²) in [6.45, 7) is 0. The molecule has 1 aliphatic heterocycles. The zero-order valence-corrected chi connectivity index (χ0v) is 11.7. The normalized spacial score (nSPS) is 13.8. The molecule has 0 amide bonds. The molecule has 9 heteroatoms. The van der Waals surface area contributed by atoms with Gasteiger partial charge < -0.3 is 9.84 Å². The zero-order valence-electron chi connectivity index (χ0n) is 11.7. The number of esters is 1. The average Bonchev–Trinajstić information content (AvgIpc) is 2.59. The molecule has 0 saturated heterocycles. The fraction of sp³-hybridized carbons (Fsp3) is 0. The number of carboxylic acid groups (broad SMARTS) is 1. The number of aromatic carboxylic acids is 1. The van der Waals surface area contributed by atoms with Gasteiger partial charge in [0.1, 0.15) is 11.1 Å². The van der Waals surface area contributed by atoms with E-state index in [9.17, 15) is 24.3 Å². The molecule has 9 nitrogen and oxygen atoms in total. The van der Waals surface area contributed by atoms with E-state index < -0.39 is 35.2 Å². The third-order valence-electron chi connectivity index (χ3n) is 3.06. The van der Waals surface area contributed by atoms with E-state index >= 15 is 0 Å². The Labute approximate surface area is 133 Å². The van der Waals surface area contributed by atoms with Crippen LogP contribution in [-0.4, -0.2) is 34.0 Å². The Kier molecular flexibility index (Phi) is 3.66. The van der Waals surface area contributed by atoms with Crippen LogP contribution in [0.5, 0.6) is 5.75 Å². The van der Waals surface area contributed by atoms with Gasteiger partial charge in [0, 0.05) is 12.4 Å². The number of hydrogen-bond acceptors (Lipinski definition) is 8. The van der Waals surface area contributed by atoms with Gasteiger partial charge >= 0.3 is 23.9 Å². The van der Waals surface area contributed by atoms with Crippen LogP contribution in [-0.2, 0) is 9.78 Å². The number of benzene rings is 1. The van der Waals surface area contributed by atoms with Crippen LogP contribution in [0.3, 0.4) is 0 Å². The van der Waals surface area contributed by atoms with E-state index in [0.29, 0.717) is 0 Å². The Morgan fingerprint density at radius 2 is 1.62 bits per heavy atom. The first-order valence-corrected chi connectivity index (χ1v) is 6.44. The summed E-state index contributed by atoms with van der Waals surface area (Å²) in [7, 11) is 0. The van der Waals surface area contributed by atoms with E-state index in [-0.39, 0.29) is 16.7 Å². The van der Waals surface area contributed by atoms with Crippen LogP contribution >= 0.6 is 0 Å². The molecule has 2 bridgehead atoms. The number of carbonyl (C=O) groups excluding carboxylic acids is 3. The topological polar surface area (TPSA) is 129 Å². The fourth-order valence-corrected chi connectivity index (χ4v) is 1.96. The molecule has 2 aromatic rings. The molecule has 24 heavy (non-hydrogen) atoms. The van der Waals surface area contributed by atoms with Gasteiger partial charge in [0.15, 0.2) is 5.75 Å². The van der Waals surface area contributed by atoms with Crippen LogP contribution in [0.25, 0.3) is 0 Å². The Morgan fingerprint density at radius 1 is 0.958 bits per heavy atom. The smallest absolute Gasteiger partial charge is 0.390 e. The van der Waals surface area contributed by atoms with E-state index in [1.165, 1.54) is 6.07 Å². The average molecular weight is 329 g/mol. The predicted octanol–water partition coefficient (Wildman–Crippen LogP) is 1.24. The first-order chi connectivity index (χ1) is 11.5. The van der Waals surface area contributed by atoms with Crippen molar-refractivity contribution in [2.75, 3.05) is 0 Å². The highest BCUT2D eigenvalue weighted by Crippen LogP contribution is 2.27. The van der Waals surface area contributed by atoms with Crippen molar-refractivity contribution in [2.24, 2.45) is 0 Å². The second kappa shape index (κ2) is 5.80. The van der Waals surface area contributed by atoms with Crippen LogP contribution in [0.15, 0.2) is 36.7 Å². The lowest BCUT2D eigenvalue weighted by Gasteiger charge is -2.10. The van der Waals surface area contributed by atoms with Gasteiger partial charge in [0.25, 0.3) is 0 Å². The zero-order chi connectivity index (χ0) is 17.3. The highest BCUT2D eigenvalue weighted by Gasteiger charge is 2.27. The Morgan fingerprint density at radius 3 is 2.33 bits per heavy atom. The Hall–Kier alpha value is -3.75. The van der Waals surface area contributed by atoms with Crippen molar-refractivity contribution in [3.8, 4) is 5.75 Å². The molecule has 120 valence electrons. The minimum Gasteiger partial charge on any atom is -0.478 e. The number of ether oxygens (including phenoxy) is 1. The number of pyridine rings is 1. The second-order valence-corrected chi connectivity index (χ2v) is 4.58. The first kappa shape index (κ1) is 15.2. The predicted molar refractivity (Wildman–Crippen MR) is 73.4 cm³/mol. The molecule has 0 spiro atoms. The molecule has 1 aliphatic rings. The van der Waals surface area contributed by atoms with Crippen molar-refractivity contribution >= 4 is 23.9 Å². The van der Waals surface area contributed by atoms with Gasteiger partial charge in [-0.1, -0.05) is 6.07 Å². The van der Waals surface area contributed by atoms with Crippen molar-refractivity contribution in [2.45, 2.75) is 0 Å². The maximum absolute atomic E-state index is 12.2. The van der Waals surface area contributed by atoms with Crippen molar-refractivity contribution in [3.63, 3.8) is 0 Å². The molecule has 1 aromatic carbocycles. The molecule has 0 radical (unpaired) electrons.